The van der Waals surface area contributed by atoms with Gasteiger partial charge in [0.15, 0.2) is 0 Å². The second-order valence-corrected chi connectivity index (χ2v) is 11.9. The quantitative estimate of drug-likeness (QED) is 0.229. The van der Waals surface area contributed by atoms with Gasteiger partial charge in [0, 0.05) is 45.3 Å². The maximum Gasteiger partial charge on any atom is 0.243 e. The molecule has 0 aliphatic heterocycles. The Morgan fingerprint density at radius 2 is 1.57 bits per heavy atom. The molecule has 0 spiro atoms. The Morgan fingerprint density at radius 1 is 0.919 bits per heavy atom. The van der Waals surface area contributed by atoms with Gasteiger partial charge in [-0.25, -0.2) is 0 Å². The van der Waals surface area contributed by atoms with Crippen LogP contribution in [0.3, 0.4) is 0 Å². The van der Waals surface area contributed by atoms with Crippen LogP contribution in [0, 0.1) is 5.92 Å². The molecule has 0 radical (unpaired) electrons. The van der Waals surface area contributed by atoms with Crippen molar-refractivity contribution in [1.82, 2.24) is 10.2 Å². The van der Waals surface area contributed by atoms with E-state index in [1.165, 1.54) is 11.8 Å². The first kappa shape index (κ1) is 29.6. The van der Waals surface area contributed by atoms with E-state index in [9.17, 15) is 9.59 Å². The van der Waals surface area contributed by atoms with E-state index in [1.54, 1.807) is 23.1 Å². The molecule has 1 atom stereocenters. The van der Waals surface area contributed by atoms with Crippen molar-refractivity contribution in [2.24, 2.45) is 5.92 Å². The third-order valence-corrected chi connectivity index (χ3v) is 7.98. The van der Waals surface area contributed by atoms with Gasteiger partial charge in [0.25, 0.3) is 0 Å². The SMILES string of the molecule is CC(C)CNC(=O)C(Cc1ccccc1)N(Cc1c(Cl)cccc1Cl)C(=O)CSCc1ccc(Br)cc1. The topological polar surface area (TPSA) is 49.4 Å². The van der Waals surface area contributed by atoms with E-state index >= 15 is 0 Å². The van der Waals surface area contributed by atoms with Gasteiger partial charge in [0.2, 0.25) is 11.8 Å². The Balaban J connectivity index is 1.88. The summed E-state index contributed by atoms with van der Waals surface area (Å²) in [5.41, 5.74) is 2.72. The summed E-state index contributed by atoms with van der Waals surface area (Å²) >= 11 is 17.9. The number of halogens is 3. The molecule has 0 aliphatic carbocycles. The number of nitrogens with zero attached hydrogens (tertiary/aromatic N) is 1. The van der Waals surface area contributed by atoms with E-state index in [0.717, 1.165) is 15.6 Å². The predicted octanol–water partition coefficient (Wildman–Crippen LogP) is 7.40. The standard InChI is InChI=1S/C29H31BrCl2N2O2S/c1-20(2)16-33-29(36)27(15-21-7-4-3-5-8-21)34(17-24-25(31)9-6-10-26(24)32)28(35)19-37-18-22-11-13-23(30)14-12-22/h3-14,20,27H,15-19H2,1-2H3,(H,33,36). The van der Waals surface area contributed by atoms with Crippen LogP contribution in [-0.2, 0) is 28.3 Å². The molecule has 196 valence electrons. The Kier molecular flexibility index (Phi) is 11.8. The lowest BCUT2D eigenvalue weighted by Crippen LogP contribution is -2.51. The van der Waals surface area contributed by atoms with Crippen LogP contribution in [0.2, 0.25) is 10.0 Å². The number of carbonyl (C=O) groups is 2. The minimum Gasteiger partial charge on any atom is -0.354 e. The van der Waals surface area contributed by atoms with Crippen molar-refractivity contribution < 1.29 is 9.59 Å². The highest BCUT2D eigenvalue weighted by molar-refractivity contribution is 9.10. The van der Waals surface area contributed by atoms with Crippen LogP contribution in [0.15, 0.2) is 77.3 Å². The molecule has 8 heteroatoms. The zero-order valence-electron chi connectivity index (χ0n) is 20.9. The second-order valence-electron chi connectivity index (χ2n) is 9.19. The van der Waals surface area contributed by atoms with Crippen LogP contribution >= 0.6 is 50.9 Å². The van der Waals surface area contributed by atoms with Gasteiger partial charge in [-0.15, -0.1) is 11.8 Å². The highest BCUT2D eigenvalue weighted by Crippen LogP contribution is 2.28. The van der Waals surface area contributed by atoms with Gasteiger partial charge in [-0.05, 0) is 41.3 Å². The number of thioether (sulfide) groups is 1. The minimum atomic E-state index is -0.714. The average Bonchev–Trinajstić information content (AvgIpc) is 2.88. The van der Waals surface area contributed by atoms with Crippen molar-refractivity contribution >= 4 is 62.7 Å². The first-order valence-electron chi connectivity index (χ1n) is 12.1. The van der Waals surface area contributed by atoms with Crippen LogP contribution in [0.5, 0.6) is 0 Å². The van der Waals surface area contributed by atoms with Crippen molar-refractivity contribution in [1.29, 1.82) is 0 Å². The molecule has 1 N–H and O–H groups in total. The Morgan fingerprint density at radius 3 is 2.19 bits per heavy atom. The Bertz CT molecular complexity index is 1160. The van der Waals surface area contributed by atoms with E-state index in [2.05, 4.69) is 21.2 Å². The molecule has 0 bridgehead atoms. The first-order chi connectivity index (χ1) is 17.7. The fraction of sp³-hybridized carbons (Fsp3) is 0.310. The summed E-state index contributed by atoms with van der Waals surface area (Å²) < 4.78 is 1.01. The van der Waals surface area contributed by atoms with Gasteiger partial charge in [-0.2, -0.15) is 0 Å². The molecule has 0 saturated carbocycles. The van der Waals surface area contributed by atoms with Crippen molar-refractivity contribution in [3.05, 3.63) is 104 Å². The largest absolute Gasteiger partial charge is 0.354 e. The monoisotopic (exact) mass is 620 g/mol. The van der Waals surface area contributed by atoms with E-state index < -0.39 is 6.04 Å². The minimum absolute atomic E-state index is 0.140. The van der Waals surface area contributed by atoms with E-state index in [1.807, 2.05) is 68.4 Å². The maximum absolute atomic E-state index is 13.7. The van der Waals surface area contributed by atoms with Crippen LogP contribution in [-0.4, -0.2) is 35.1 Å². The first-order valence-corrected chi connectivity index (χ1v) is 14.8. The molecule has 1 unspecified atom stereocenters. The molecule has 0 heterocycles. The zero-order chi connectivity index (χ0) is 26.8. The number of benzene rings is 3. The number of hydrogen-bond acceptors (Lipinski definition) is 3. The van der Waals surface area contributed by atoms with Gasteiger partial charge in [-0.1, -0.05) is 102 Å². The van der Waals surface area contributed by atoms with Crippen LogP contribution in [0.4, 0.5) is 0 Å². The lowest BCUT2D eigenvalue weighted by molar-refractivity contribution is -0.139. The predicted molar refractivity (Wildman–Crippen MR) is 159 cm³/mol. The molecule has 0 aliphatic rings. The molecule has 0 saturated heterocycles. The molecular weight excluding hydrogens is 591 g/mol. The average molecular weight is 622 g/mol. The molecule has 3 aromatic carbocycles. The number of amides is 2. The van der Waals surface area contributed by atoms with Gasteiger partial charge in [0.05, 0.1) is 5.75 Å². The van der Waals surface area contributed by atoms with Crippen LogP contribution in [0.25, 0.3) is 0 Å². The number of nitrogens with one attached hydrogen (secondary N) is 1. The molecule has 0 aromatic heterocycles. The fourth-order valence-electron chi connectivity index (χ4n) is 3.75. The van der Waals surface area contributed by atoms with Gasteiger partial charge in [0.1, 0.15) is 6.04 Å². The summed E-state index contributed by atoms with van der Waals surface area (Å²) in [5.74, 6) is 0.861. The fourth-order valence-corrected chi connectivity index (χ4v) is 5.40. The lowest BCUT2D eigenvalue weighted by atomic mass is 10.0. The lowest BCUT2D eigenvalue weighted by Gasteiger charge is -2.32. The highest BCUT2D eigenvalue weighted by atomic mass is 79.9. The Labute approximate surface area is 242 Å². The summed E-state index contributed by atoms with van der Waals surface area (Å²) in [4.78, 5) is 28.9. The van der Waals surface area contributed by atoms with Crippen LogP contribution in [0.1, 0.15) is 30.5 Å². The zero-order valence-corrected chi connectivity index (χ0v) is 24.8. The summed E-state index contributed by atoms with van der Waals surface area (Å²) in [6, 6.07) is 22.3. The summed E-state index contributed by atoms with van der Waals surface area (Å²) in [7, 11) is 0. The summed E-state index contributed by atoms with van der Waals surface area (Å²) in [6.07, 6.45) is 0.385. The molecule has 3 rings (SSSR count). The second kappa shape index (κ2) is 14.8. The van der Waals surface area contributed by atoms with E-state index in [0.29, 0.717) is 34.3 Å². The summed E-state index contributed by atoms with van der Waals surface area (Å²) in [6.45, 7) is 4.75. The molecule has 2 amide bonds. The maximum atomic E-state index is 13.7. The number of rotatable bonds is 12. The van der Waals surface area contributed by atoms with Gasteiger partial charge < -0.3 is 10.2 Å². The van der Waals surface area contributed by atoms with Crippen molar-refractivity contribution in [2.75, 3.05) is 12.3 Å². The van der Waals surface area contributed by atoms with E-state index in [4.69, 9.17) is 23.2 Å². The smallest absolute Gasteiger partial charge is 0.243 e. The Hall–Kier alpha value is -1.99. The molecule has 4 nitrogen and oxygen atoms in total. The molecule has 37 heavy (non-hydrogen) atoms. The van der Waals surface area contributed by atoms with Crippen LogP contribution < -0.4 is 5.32 Å². The number of carbonyl (C=O) groups excluding carboxylic acids is 2. The molecule has 0 fully saturated rings. The normalized spacial score (nSPS) is 11.8. The van der Waals surface area contributed by atoms with Gasteiger partial charge >= 0.3 is 0 Å². The third kappa shape index (κ3) is 9.36. The molecule has 3 aromatic rings. The van der Waals surface area contributed by atoms with Crippen molar-refractivity contribution in [3.63, 3.8) is 0 Å². The van der Waals surface area contributed by atoms with E-state index in [-0.39, 0.29) is 30.0 Å². The van der Waals surface area contributed by atoms with Crippen molar-refractivity contribution in [2.45, 2.75) is 38.6 Å². The van der Waals surface area contributed by atoms with Crippen molar-refractivity contribution in [3.8, 4) is 0 Å². The third-order valence-electron chi connectivity index (χ3n) is 5.75. The highest BCUT2D eigenvalue weighted by Gasteiger charge is 2.31. The summed E-state index contributed by atoms with van der Waals surface area (Å²) in [5, 5.41) is 3.96. The molecular formula is C29H31BrCl2N2O2S. The number of hydrogen-bond donors (Lipinski definition) is 1. The van der Waals surface area contributed by atoms with Gasteiger partial charge in [-0.3, -0.25) is 9.59 Å².